The standard InChI is InChI=1S/C14H21N5O5S2/c1-6(20)10-7-4-8(11(13(23)24)19(7)12(10)22)25-3-2-17-18-9(21)5-26-14(15)16/h6-7,10,17,20H,2-5H2,1H3,(H3,15,16)(H,18,21)(H,23,24)/t6-,7-,10-/m1/s1. The molecule has 12 heteroatoms. The SMILES string of the molecule is C[C@@H](O)[C@H]1C(=O)N2C(C(=O)O)=C(SCCNNC(=O)CSC(=N)N)C[C@H]12. The van der Waals surface area contributed by atoms with E-state index in [2.05, 4.69) is 10.9 Å². The number of β-lactam (4-membered cyclic amide) rings is 1. The minimum absolute atomic E-state index is 0.0104. The molecular formula is C14H21N5O5S2. The molecule has 0 saturated carbocycles. The third-order valence-electron chi connectivity index (χ3n) is 3.98. The Morgan fingerprint density at radius 3 is 2.77 bits per heavy atom. The van der Waals surface area contributed by atoms with Crippen molar-refractivity contribution in [2.75, 3.05) is 18.1 Å². The smallest absolute Gasteiger partial charge is 0.353 e. The van der Waals surface area contributed by atoms with E-state index in [9.17, 15) is 24.6 Å². The molecule has 26 heavy (non-hydrogen) atoms. The van der Waals surface area contributed by atoms with Crippen LogP contribution in [0.3, 0.4) is 0 Å². The minimum atomic E-state index is -1.16. The van der Waals surface area contributed by atoms with Gasteiger partial charge in [0, 0.05) is 23.6 Å². The lowest BCUT2D eigenvalue weighted by atomic mass is 9.83. The quantitative estimate of drug-likeness (QED) is 0.0917. The third kappa shape index (κ3) is 4.50. The lowest BCUT2D eigenvalue weighted by Crippen LogP contribution is -2.61. The van der Waals surface area contributed by atoms with E-state index < -0.39 is 18.0 Å². The number of carboxylic acid groups (broad SMARTS) is 1. The van der Waals surface area contributed by atoms with Crippen LogP contribution >= 0.6 is 23.5 Å². The van der Waals surface area contributed by atoms with Crippen molar-refractivity contribution in [2.24, 2.45) is 11.7 Å². The van der Waals surface area contributed by atoms with Crippen LogP contribution in [0.15, 0.2) is 10.6 Å². The number of aliphatic carboxylic acids is 1. The molecule has 0 aromatic heterocycles. The molecular weight excluding hydrogens is 382 g/mol. The average molecular weight is 403 g/mol. The normalized spacial score (nSPS) is 22.7. The molecule has 2 rings (SSSR count). The zero-order valence-electron chi connectivity index (χ0n) is 14.0. The second-order valence-electron chi connectivity index (χ2n) is 5.80. The Morgan fingerprint density at radius 1 is 1.50 bits per heavy atom. The van der Waals surface area contributed by atoms with E-state index in [-0.39, 0.29) is 34.5 Å². The minimum Gasteiger partial charge on any atom is -0.477 e. The van der Waals surface area contributed by atoms with Crippen LogP contribution in [0, 0.1) is 11.3 Å². The maximum absolute atomic E-state index is 12.1. The Morgan fingerprint density at radius 2 is 2.19 bits per heavy atom. The van der Waals surface area contributed by atoms with Crippen molar-refractivity contribution in [2.45, 2.75) is 25.5 Å². The van der Waals surface area contributed by atoms with Crippen LogP contribution < -0.4 is 16.6 Å². The molecule has 0 aromatic rings. The summed E-state index contributed by atoms with van der Waals surface area (Å²) in [5.41, 5.74) is 10.3. The van der Waals surface area contributed by atoms with Crippen molar-refractivity contribution < 1.29 is 24.6 Å². The van der Waals surface area contributed by atoms with Crippen molar-refractivity contribution in [3.05, 3.63) is 10.6 Å². The monoisotopic (exact) mass is 403 g/mol. The van der Waals surface area contributed by atoms with E-state index in [0.717, 1.165) is 11.8 Å². The van der Waals surface area contributed by atoms with Gasteiger partial charge < -0.3 is 20.8 Å². The number of amidine groups is 1. The summed E-state index contributed by atoms with van der Waals surface area (Å²) in [4.78, 5) is 36.9. The fourth-order valence-electron chi connectivity index (χ4n) is 2.93. The first kappa shape index (κ1) is 20.6. The number of amides is 2. The van der Waals surface area contributed by atoms with E-state index in [1.165, 1.54) is 23.6 Å². The van der Waals surface area contributed by atoms with Crippen molar-refractivity contribution in [1.29, 1.82) is 5.41 Å². The van der Waals surface area contributed by atoms with E-state index in [1.54, 1.807) is 0 Å². The molecule has 0 bridgehead atoms. The van der Waals surface area contributed by atoms with Crippen LogP contribution in [0.4, 0.5) is 0 Å². The first-order valence-electron chi connectivity index (χ1n) is 7.83. The predicted octanol–water partition coefficient (Wildman–Crippen LogP) is -1.13. The first-order valence-corrected chi connectivity index (χ1v) is 9.80. The number of thioether (sulfide) groups is 2. The highest BCUT2D eigenvalue weighted by molar-refractivity contribution is 8.14. The van der Waals surface area contributed by atoms with Gasteiger partial charge in [0.2, 0.25) is 11.8 Å². The molecule has 7 N–H and O–H groups in total. The second kappa shape index (κ2) is 8.75. The predicted molar refractivity (Wildman–Crippen MR) is 98.1 cm³/mol. The van der Waals surface area contributed by atoms with Gasteiger partial charge in [0.25, 0.3) is 0 Å². The van der Waals surface area contributed by atoms with E-state index in [4.69, 9.17) is 11.1 Å². The number of carboxylic acids is 1. The maximum atomic E-state index is 12.1. The van der Waals surface area contributed by atoms with Crippen molar-refractivity contribution in [3.8, 4) is 0 Å². The Kier molecular flexibility index (Phi) is 6.92. The number of nitrogens with one attached hydrogen (secondary N) is 3. The maximum Gasteiger partial charge on any atom is 0.353 e. The lowest BCUT2D eigenvalue weighted by molar-refractivity contribution is -0.161. The molecule has 2 aliphatic rings. The number of hydrogen-bond donors (Lipinski definition) is 6. The number of hydrogen-bond acceptors (Lipinski definition) is 8. The molecule has 3 atom stereocenters. The molecule has 0 aromatic carbocycles. The van der Waals surface area contributed by atoms with Crippen molar-refractivity contribution in [3.63, 3.8) is 0 Å². The number of carbonyl (C=O) groups excluding carboxylic acids is 2. The molecule has 10 nitrogen and oxygen atoms in total. The van der Waals surface area contributed by atoms with E-state index >= 15 is 0 Å². The molecule has 0 unspecified atom stereocenters. The van der Waals surface area contributed by atoms with Gasteiger partial charge in [-0.2, -0.15) is 0 Å². The number of hydrazine groups is 1. The van der Waals surface area contributed by atoms with Crippen molar-refractivity contribution in [1.82, 2.24) is 15.8 Å². The van der Waals surface area contributed by atoms with Gasteiger partial charge in [0.1, 0.15) is 5.70 Å². The topological polar surface area (TPSA) is 169 Å². The fourth-order valence-corrected chi connectivity index (χ4v) is 4.35. The summed E-state index contributed by atoms with van der Waals surface area (Å²) < 4.78 is 0. The number of nitrogens with two attached hydrogens (primary N) is 1. The largest absolute Gasteiger partial charge is 0.477 e. The molecule has 144 valence electrons. The molecule has 0 radical (unpaired) electrons. The Balaban J connectivity index is 1.80. The molecule has 1 saturated heterocycles. The highest BCUT2D eigenvalue weighted by Gasteiger charge is 2.56. The summed E-state index contributed by atoms with van der Waals surface area (Å²) >= 11 is 2.21. The summed E-state index contributed by atoms with van der Waals surface area (Å²) in [6, 6.07) is -0.299. The van der Waals surface area contributed by atoms with Crippen LogP contribution in [0.2, 0.25) is 0 Å². The fraction of sp³-hybridized carbons (Fsp3) is 0.571. The van der Waals surface area contributed by atoms with Gasteiger partial charge in [-0.3, -0.25) is 20.4 Å². The highest BCUT2D eigenvalue weighted by Crippen LogP contribution is 2.46. The van der Waals surface area contributed by atoms with Crippen LogP contribution in [-0.4, -0.2) is 68.3 Å². The molecule has 2 aliphatic heterocycles. The van der Waals surface area contributed by atoms with Gasteiger partial charge in [-0.25, -0.2) is 10.2 Å². The van der Waals surface area contributed by atoms with E-state index in [1.807, 2.05) is 0 Å². The lowest BCUT2D eigenvalue weighted by Gasteiger charge is -2.44. The number of nitrogens with zero attached hydrogens (tertiary/aromatic N) is 1. The van der Waals surface area contributed by atoms with Gasteiger partial charge in [-0.1, -0.05) is 11.8 Å². The molecule has 2 heterocycles. The number of aliphatic hydroxyl groups excluding tert-OH is 1. The second-order valence-corrected chi connectivity index (χ2v) is 8.01. The van der Waals surface area contributed by atoms with Crippen molar-refractivity contribution >= 4 is 46.5 Å². The number of carbonyl (C=O) groups is 3. The summed E-state index contributed by atoms with van der Waals surface area (Å²) in [6.07, 6.45) is -0.400. The molecule has 0 spiro atoms. The van der Waals surface area contributed by atoms with Gasteiger partial charge in [-0.15, -0.1) is 11.8 Å². The van der Waals surface area contributed by atoms with Crippen LogP contribution in [0.1, 0.15) is 13.3 Å². The Hall–Kier alpha value is -1.76. The zero-order valence-corrected chi connectivity index (χ0v) is 15.7. The summed E-state index contributed by atoms with van der Waals surface area (Å²) in [5, 5.41) is 26.0. The first-order chi connectivity index (χ1) is 12.2. The summed E-state index contributed by atoms with van der Waals surface area (Å²) in [5.74, 6) is -1.88. The Labute approximate surface area is 158 Å². The molecule has 0 aliphatic carbocycles. The number of rotatable bonds is 9. The third-order valence-corrected chi connectivity index (χ3v) is 5.81. The van der Waals surface area contributed by atoms with Gasteiger partial charge in [0.15, 0.2) is 5.17 Å². The molecule has 2 amide bonds. The van der Waals surface area contributed by atoms with E-state index in [0.29, 0.717) is 23.6 Å². The number of aliphatic hydroxyl groups is 1. The average Bonchev–Trinajstić information content (AvgIpc) is 2.86. The van der Waals surface area contributed by atoms with Gasteiger partial charge >= 0.3 is 5.97 Å². The molecule has 1 fully saturated rings. The Bertz CT molecular complexity index is 654. The number of fused-ring (bicyclic) bond motifs is 1. The summed E-state index contributed by atoms with van der Waals surface area (Å²) in [6.45, 7) is 1.92. The highest BCUT2D eigenvalue weighted by atomic mass is 32.2. The summed E-state index contributed by atoms with van der Waals surface area (Å²) in [7, 11) is 0. The van der Waals surface area contributed by atoms with Gasteiger partial charge in [-0.05, 0) is 6.92 Å². The van der Waals surface area contributed by atoms with Crippen LogP contribution in [-0.2, 0) is 14.4 Å². The van der Waals surface area contributed by atoms with Crippen LogP contribution in [0.25, 0.3) is 0 Å². The van der Waals surface area contributed by atoms with Crippen LogP contribution in [0.5, 0.6) is 0 Å². The zero-order chi connectivity index (χ0) is 19.4. The van der Waals surface area contributed by atoms with Gasteiger partial charge in [0.05, 0.1) is 23.8 Å².